The highest BCUT2D eigenvalue weighted by Gasteiger charge is 2.16. The molecule has 0 spiro atoms. The van der Waals surface area contributed by atoms with Gasteiger partial charge in [0, 0.05) is 11.8 Å². The molecule has 0 N–H and O–H groups in total. The molecule has 4 nitrogen and oxygen atoms in total. The Hall–Kier alpha value is -1.84. The van der Waals surface area contributed by atoms with Crippen LogP contribution in [0.1, 0.15) is 24.1 Å². The summed E-state index contributed by atoms with van der Waals surface area (Å²) in [7, 11) is 1.65. The van der Waals surface area contributed by atoms with E-state index in [-0.39, 0.29) is 0 Å². The van der Waals surface area contributed by atoms with Crippen LogP contribution in [-0.4, -0.2) is 21.9 Å². The Morgan fingerprint density at radius 3 is 2.94 bits per heavy atom. The molecule has 0 atom stereocenters. The molecule has 0 saturated carbocycles. The fourth-order valence-electron chi connectivity index (χ4n) is 2.35. The van der Waals surface area contributed by atoms with Crippen molar-refractivity contribution >= 4 is 0 Å². The minimum Gasteiger partial charge on any atom is -0.495 e. The number of aromatic nitrogens is 3. The highest BCUT2D eigenvalue weighted by Crippen LogP contribution is 2.24. The van der Waals surface area contributed by atoms with Crippen LogP contribution >= 0.6 is 0 Å². The van der Waals surface area contributed by atoms with Crippen molar-refractivity contribution in [2.24, 2.45) is 0 Å². The molecule has 0 bridgehead atoms. The van der Waals surface area contributed by atoms with Crippen LogP contribution in [0.15, 0.2) is 24.7 Å². The summed E-state index contributed by atoms with van der Waals surface area (Å²) in [6.45, 7) is 0. The first-order valence-corrected chi connectivity index (χ1v) is 5.93. The van der Waals surface area contributed by atoms with Crippen molar-refractivity contribution in [1.82, 2.24) is 14.8 Å². The van der Waals surface area contributed by atoms with Crippen LogP contribution < -0.4 is 4.74 Å². The Morgan fingerprint density at radius 1 is 1.18 bits per heavy atom. The predicted octanol–water partition coefficient (Wildman–Crippen LogP) is 2.15. The number of hydrogen-bond donors (Lipinski definition) is 0. The molecule has 1 aliphatic carbocycles. The number of ether oxygens (including phenoxy) is 1. The zero-order valence-electron chi connectivity index (χ0n) is 9.89. The third kappa shape index (κ3) is 1.79. The second kappa shape index (κ2) is 4.20. The minimum absolute atomic E-state index is 0.766. The molecule has 0 radical (unpaired) electrons. The maximum Gasteiger partial charge on any atom is 0.139 e. The molecule has 88 valence electrons. The van der Waals surface area contributed by atoms with Gasteiger partial charge in [-0.25, -0.2) is 4.68 Å². The normalized spacial score (nSPS) is 14.4. The van der Waals surface area contributed by atoms with Gasteiger partial charge in [0.2, 0.25) is 0 Å². The van der Waals surface area contributed by atoms with Crippen LogP contribution in [-0.2, 0) is 12.8 Å². The Bertz CT molecular complexity index is 533. The molecule has 0 aromatic carbocycles. The van der Waals surface area contributed by atoms with E-state index in [0.29, 0.717) is 0 Å². The van der Waals surface area contributed by atoms with Gasteiger partial charge in [-0.05, 0) is 31.2 Å². The molecule has 0 amide bonds. The Kier molecular flexibility index (Phi) is 2.55. The molecule has 4 heteroatoms. The van der Waals surface area contributed by atoms with Gasteiger partial charge in [0.25, 0.3) is 0 Å². The van der Waals surface area contributed by atoms with E-state index in [2.05, 4.69) is 10.1 Å². The average molecular weight is 229 g/mol. The van der Waals surface area contributed by atoms with Gasteiger partial charge >= 0.3 is 0 Å². The summed E-state index contributed by atoms with van der Waals surface area (Å²) in [6.07, 6.45) is 10.3. The van der Waals surface area contributed by atoms with E-state index in [1.165, 1.54) is 24.1 Å². The lowest BCUT2D eigenvalue weighted by atomic mass is 9.98. The van der Waals surface area contributed by atoms with E-state index < -0.39 is 0 Å². The van der Waals surface area contributed by atoms with Crippen LogP contribution in [0.25, 0.3) is 5.69 Å². The van der Waals surface area contributed by atoms with E-state index >= 15 is 0 Å². The molecule has 17 heavy (non-hydrogen) atoms. The number of fused-ring (bicyclic) bond motifs is 1. The number of nitrogens with zero attached hydrogens (tertiary/aromatic N) is 3. The first-order valence-electron chi connectivity index (χ1n) is 5.93. The minimum atomic E-state index is 0.766. The molecule has 0 unspecified atom stereocenters. The zero-order valence-corrected chi connectivity index (χ0v) is 9.89. The molecule has 2 aromatic heterocycles. The molecule has 0 fully saturated rings. The Labute approximate surface area is 100 Å². The van der Waals surface area contributed by atoms with Gasteiger partial charge in [-0.3, -0.25) is 4.98 Å². The van der Waals surface area contributed by atoms with Crippen LogP contribution in [0.5, 0.6) is 5.75 Å². The third-order valence-corrected chi connectivity index (χ3v) is 3.24. The van der Waals surface area contributed by atoms with Crippen molar-refractivity contribution in [2.75, 3.05) is 7.11 Å². The van der Waals surface area contributed by atoms with Crippen molar-refractivity contribution in [3.05, 3.63) is 35.9 Å². The standard InChI is InChI=1S/C13H15N3O/c1-17-12-6-11(8-14-9-12)16-13-5-3-2-4-10(13)7-15-16/h6-9H,2-5H2,1H3. The molecular weight excluding hydrogens is 214 g/mol. The highest BCUT2D eigenvalue weighted by atomic mass is 16.5. The van der Waals surface area contributed by atoms with Crippen molar-refractivity contribution in [2.45, 2.75) is 25.7 Å². The summed E-state index contributed by atoms with van der Waals surface area (Å²) in [4.78, 5) is 4.17. The summed E-state index contributed by atoms with van der Waals surface area (Å²) in [5.41, 5.74) is 3.68. The molecule has 1 aliphatic rings. The Balaban J connectivity index is 2.05. The maximum absolute atomic E-state index is 5.19. The number of hydrogen-bond acceptors (Lipinski definition) is 3. The highest BCUT2D eigenvalue weighted by molar-refractivity contribution is 5.38. The van der Waals surface area contributed by atoms with Crippen LogP contribution in [0.2, 0.25) is 0 Å². The lowest BCUT2D eigenvalue weighted by molar-refractivity contribution is 0.412. The lowest BCUT2D eigenvalue weighted by Crippen LogP contribution is -2.08. The molecule has 0 aliphatic heterocycles. The zero-order chi connectivity index (χ0) is 11.7. The van der Waals surface area contributed by atoms with E-state index in [0.717, 1.165) is 24.3 Å². The van der Waals surface area contributed by atoms with Crippen molar-refractivity contribution < 1.29 is 4.74 Å². The largest absolute Gasteiger partial charge is 0.495 e. The number of methoxy groups -OCH3 is 1. The molecular formula is C13H15N3O. The van der Waals surface area contributed by atoms with Crippen LogP contribution in [0, 0.1) is 0 Å². The predicted molar refractivity (Wildman–Crippen MR) is 64.6 cm³/mol. The first-order chi connectivity index (χ1) is 8.38. The lowest BCUT2D eigenvalue weighted by Gasteiger charge is -2.13. The second-order valence-electron chi connectivity index (χ2n) is 4.32. The monoisotopic (exact) mass is 229 g/mol. The van der Waals surface area contributed by atoms with Gasteiger partial charge in [-0.15, -0.1) is 0 Å². The average Bonchev–Trinajstić information content (AvgIpc) is 2.82. The molecule has 2 aromatic rings. The summed E-state index contributed by atoms with van der Waals surface area (Å²) < 4.78 is 7.18. The smallest absolute Gasteiger partial charge is 0.139 e. The fourth-order valence-corrected chi connectivity index (χ4v) is 2.35. The molecule has 2 heterocycles. The van der Waals surface area contributed by atoms with E-state index in [4.69, 9.17) is 4.74 Å². The van der Waals surface area contributed by atoms with Gasteiger partial charge in [-0.2, -0.15) is 5.10 Å². The van der Waals surface area contributed by atoms with Gasteiger partial charge in [0.05, 0.1) is 31.4 Å². The third-order valence-electron chi connectivity index (χ3n) is 3.24. The van der Waals surface area contributed by atoms with Gasteiger partial charge in [0.15, 0.2) is 0 Å². The number of pyridine rings is 1. The maximum atomic E-state index is 5.19. The number of rotatable bonds is 2. The molecule has 3 rings (SSSR count). The van der Waals surface area contributed by atoms with Gasteiger partial charge in [-0.1, -0.05) is 0 Å². The summed E-state index contributed by atoms with van der Waals surface area (Å²) >= 11 is 0. The second-order valence-corrected chi connectivity index (χ2v) is 4.32. The van der Waals surface area contributed by atoms with Crippen LogP contribution in [0.4, 0.5) is 0 Å². The fraction of sp³-hybridized carbons (Fsp3) is 0.385. The summed E-state index contributed by atoms with van der Waals surface area (Å²) in [5, 5.41) is 4.46. The molecule has 0 saturated heterocycles. The van der Waals surface area contributed by atoms with Crippen molar-refractivity contribution in [3.63, 3.8) is 0 Å². The topological polar surface area (TPSA) is 39.9 Å². The Morgan fingerprint density at radius 2 is 2.06 bits per heavy atom. The van der Waals surface area contributed by atoms with E-state index in [9.17, 15) is 0 Å². The quantitative estimate of drug-likeness (QED) is 0.792. The number of aryl methyl sites for hydroxylation is 1. The summed E-state index contributed by atoms with van der Waals surface area (Å²) in [6, 6.07) is 1.97. The van der Waals surface area contributed by atoms with Crippen molar-refractivity contribution in [1.29, 1.82) is 0 Å². The van der Waals surface area contributed by atoms with Gasteiger partial charge in [0.1, 0.15) is 5.75 Å². The SMILES string of the molecule is COc1cncc(-n2ncc3c2CCCC3)c1. The first kappa shape index (κ1) is 10.3. The van der Waals surface area contributed by atoms with E-state index in [1.54, 1.807) is 13.3 Å². The van der Waals surface area contributed by atoms with E-state index in [1.807, 2.05) is 23.1 Å². The van der Waals surface area contributed by atoms with Gasteiger partial charge < -0.3 is 4.74 Å². The van der Waals surface area contributed by atoms with Crippen LogP contribution in [0.3, 0.4) is 0 Å². The summed E-state index contributed by atoms with van der Waals surface area (Å²) in [5.74, 6) is 0.766. The van der Waals surface area contributed by atoms with Crippen molar-refractivity contribution in [3.8, 4) is 11.4 Å².